The summed E-state index contributed by atoms with van der Waals surface area (Å²) >= 11 is 0. The molecule has 2 saturated heterocycles. The quantitative estimate of drug-likeness (QED) is 0.501. The molecule has 4 rings (SSSR count). The minimum atomic E-state index is -3.42. The third kappa shape index (κ3) is 4.11. The normalized spacial score (nSPS) is 19.6. The molecule has 1 atom stereocenters. The largest absolute Gasteiger partial charge is 0.332 e. The first kappa shape index (κ1) is 21.2. The first-order valence-electron chi connectivity index (χ1n) is 10.0. The third-order valence-electron chi connectivity index (χ3n) is 5.72. The number of imide groups is 1. The number of nitrogens with zero attached hydrogens (tertiary/aromatic N) is 3. The number of hydrogen-bond acceptors (Lipinski definition) is 6. The van der Waals surface area contributed by atoms with E-state index in [0.29, 0.717) is 24.3 Å². The van der Waals surface area contributed by atoms with Crippen LogP contribution in [0.2, 0.25) is 0 Å². The van der Waals surface area contributed by atoms with Crippen molar-refractivity contribution in [2.45, 2.75) is 17.9 Å². The van der Waals surface area contributed by atoms with Gasteiger partial charge in [0.1, 0.15) is 6.04 Å². The summed E-state index contributed by atoms with van der Waals surface area (Å²) in [7, 11) is -3.42. The van der Waals surface area contributed by atoms with Gasteiger partial charge in [-0.1, -0.05) is 18.2 Å². The van der Waals surface area contributed by atoms with Crippen LogP contribution in [0.3, 0.4) is 0 Å². The maximum absolute atomic E-state index is 13.0. The average Bonchev–Trinajstić information content (AvgIpc) is 3.02. The summed E-state index contributed by atoms with van der Waals surface area (Å²) in [5.74, 6) is -0.484. The number of anilines is 1. The Morgan fingerprint density at radius 1 is 1.00 bits per heavy atom. The molecule has 9 heteroatoms. The highest BCUT2D eigenvalue weighted by Crippen LogP contribution is 2.28. The summed E-state index contributed by atoms with van der Waals surface area (Å²) in [4.78, 5) is 42.1. The number of ketones is 1. The molecule has 0 bridgehead atoms. The molecule has 8 nitrogen and oxygen atoms in total. The molecule has 0 aliphatic carbocycles. The Labute approximate surface area is 181 Å². The van der Waals surface area contributed by atoms with Gasteiger partial charge in [-0.3, -0.25) is 14.5 Å². The fraction of sp³-hybridized carbons (Fsp3) is 0.318. The van der Waals surface area contributed by atoms with Gasteiger partial charge in [-0.05, 0) is 43.3 Å². The van der Waals surface area contributed by atoms with E-state index >= 15 is 0 Å². The van der Waals surface area contributed by atoms with E-state index in [4.69, 9.17) is 0 Å². The van der Waals surface area contributed by atoms with Gasteiger partial charge < -0.3 is 4.90 Å². The van der Waals surface area contributed by atoms with E-state index < -0.39 is 15.9 Å². The topological polar surface area (TPSA) is 95.1 Å². The molecule has 162 valence electrons. The van der Waals surface area contributed by atoms with Crippen molar-refractivity contribution in [2.75, 3.05) is 36.8 Å². The van der Waals surface area contributed by atoms with Crippen molar-refractivity contribution in [3.05, 3.63) is 60.2 Å². The van der Waals surface area contributed by atoms with Gasteiger partial charge in [0.2, 0.25) is 0 Å². The molecule has 2 aromatic carbocycles. The monoisotopic (exact) mass is 441 g/mol. The first-order valence-corrected chi connectivity index (χ1v) is 11.7. The second-order valence-corrected chi connectivity index (χ2v) is 9.81. The number of urea groups is 1. The molecule has 2 aliphatic heterocycles. The highest BCUT2D eigenvalue weighted by molar-refractivity contribution is 7.91. The lowest BCUT2D eigenvalue weighted by Gasteiger charge is -2.35. The Bertz CT molecular complexity index is 1120. The molecule has 2 aliphatic rings. The third-order valence-corrected chi connectivity index (χ3v) is 7.43. The van der Waals surface area contributed by atoms with E-state index in [-0.39, 0.29) is 41.5 Å². The van der Waals surface area contributed by atoms with Gasteiger partial charge in [-0.2, -0.15) is 0 Å². The molecule has 0 radical (unpaired) electrons. The van der Waals surface area contributed by atoms with Crippen molar-refractivity contribution < 1.29 is 22.8 Å². The van der Waals surface area contributed by atoms with Crippen LogP contribution in [0.1, 0.15) is 17.3 Å². The average molecular weight is 442 g/mol. The Morgan fingerprint density at radius 2 is 1.68 bits per heavy atom. The predicted octanol–water partition coefficient (Wildman–Crippen LogP) is 1.82. The second kappa shape index (κ2) is 8.24. The number of amides is 3. The van der Waals surface area contributed by atoms with Gasteiger partial charge in [-0.15, -0.1) is 0 Å². The predicted molar refractivity (Wildman–Crippen MR) is 115 cm³/mol. The highest BCUT2D eigenvalue weighted by Gasteiger charge is 2.48. The van der Waals surface area contributed by atoms with Crippen molar-refractivity contribution in [3.63, 3.8) is 0 Å². The Balaban J connectivity index is 1.44. The fourth-order valence-electron chi connectivity index (χ4n) is 3.93. The van der Waals surface area contributed by atoms with Gasteiger partial charge in [0, 0.05) is 31.7 Å². The number of rotatable bonds is 6. The lowest BCUT2D eigenvalue weighted by molar-refractivity contribution is -0.121. The van der Waals surface area contributed by atoms with Gasteiger partial charge in [0.25, 0.3) is 5.91 Å². The number of fused-ring (bicyclic) bond motifs is 1. The van der Waals surface area contributed by atoms with Crippen LogP contribution in [0.5, 0.6) is 0 Å². The van der Waals surface area contributed by atoms with Gasteiger partial charge in [-0.25, -0.2) is 18.1 Å². The minimum Gasteiger partial charge on any atom is -0.309 e. The van der Waals surface area contributed by atoms with Crippen LogP contribution < -0.4 is 4.90 Å². The maximum atomic E-state index is 13.0. The van der Waals surface area contributed by atoms with Crippen molar-refractivity contribution >= 4 is 33.2 Å². The molecular formula is C22H23N3O5S. The van der Waals surface area contributed by atoms with E-state index in [0.717, 1.165) is 4.90 Å². The molecule has 2 fully saturated rings. The molecule has 0 N–H and O–H groups in total. The SMILES string of the molecule is CC(=O)c1ccc(N2C(=O)C3CN(CCS(=O)(=O)c4ccccc4)CCN3C2=O)cc1. The van der Waals surface area contributed by atoms with E-state index in [1.807, 2.05) is 4.90 Å². The van der Waals surface area contributed by atoms with Crippen LogP contribution in [-0.2, 0) is 14.6 Å². The number of carbonyl (C=O) groups is 3. The van der Waals surface area contributed by atoms with Crippen LogP contribution in [0, 0.1) is 0 Å². The molecular weight excluding hydrogens is 418 g/mol. The molecule has 0 spiro atoms. The first-order chi connectivity index (χ1) is 14.8. The summed E-state index contributed by atoms with van der Waals surface area (Å²) in [5.41, 5.74) is 0.930. The zero-order chi connectivity index (χ0) is 22.2. The van der Waals surface area contributed by atoms with Gasteiger partial charge >= 0.3 is 6.03 Å². The molecule has 0 saturated carbocycles. The number of sulfone groups is 1. The molecule has 3 amide bonds. The summed E-state index contributed by atoms with van der Waals surface area (Å²) in [6.45, 7) is 2.88. The van der Waals surface area contributed by atoms with Gasteiger partial charge in [0.05, 0.1) is 16.3 Å². The van der Waals surface area contributed by atoms with Crippen molar-refractivity contribution in [1.82, 2.24) is 9.80 Å². The number of benzene rings is 2. The number of hydrogen-bond donors (Lipinski definition) is 0. The van der Waals surface area contributed by atoms with Crippen LogP contribution in [0.25, 0.3) is 0 Å². The summed E-state index contributed by atoms with van der Waals surface area (Å²) in [6, 6.07) is 13.6. The van der Waals surface area contributed by atoms with E-state index in [2.05, 4.69) is 0 Å². The van der Waals surface area contributed by atoms with Crippen molar-refractivity contribution in [3.8, 4) is 0 Å². The molecule has 1 unspecified atom stereocenters. The van der Waals surface area contributed by atoms with Crippen LogP contribution in [0.4, 0.5) is 10.5 Å². The molecule has 2 aromatic rings. The Kier molecular flexibility index (Phi) is 5.63. The second-order valence-electron chi connectivity index (χ2n) is 7.70. The van der Waals surface area contributed by atoms with Crippen LogP contribution >= 0.6 is 0 Å². The Morgan fingerprint density at radius 3 is 2.32 bits per heavy atom. The fourth-order valence-corrected chi connectivity index (χ4v) is 5.24. The Hall–Kier alpha value is -3.04. The standard InChI is InChI=1S/C22H23N3O5S/c1-16(26)17-7-9-18(10-8-17)25-21(27)20-15-23(11-12-24(20)22(25)28)13-14-31(29,30)19-5-3-2-4-6-19/h2-10,20H,11-15H2,1H3. The van der Waals surface area contributed by atoms with Crippen LogP contribution in [-0.4, -0.2) is 73.9 Å². The van der Waals surface area contributed by atoms with Crippen molar-refractivity contribution in [2.24, 2.45) is 0 Å². The number of carbonyl (C=O) groups excluding carboxylic acids is 3. The number of piperazine rings is 1. The smallest absolute Gasteiger partial charge is 0.309 e. The lowest BCUT2D eigenvalue weighted by atomic mass is 10.1. The highest BCUT2D eigenvalue weighted by atomic mass is 32.2. The zero-order valence-electron chi connectivity index (χ0n) is 17.1. The summed E-state index contributed by atoms with van der Waals surface area (Å²) in [6.07, 6.45) is 0. The van der Waals surface area contributed by atoms with Crippen molar-refractivity contribution in [1.29, 1.82) is 0 Å². The maximum Gasteiger partial charge on any atom is 0.332 e. The molecule has 0 aromatic heterocycles. The molecule has 2 heterocycles. The number of Topliss-reactive ketones (excluding diaryl/α,β-unsaturated/α-hetero) is 1. The van der Waals surface area contributed by atoms with E-state index in [1.54, 1.807) is 54.6 Å². The zero-order valence-corrected chi connectivity index (χ0v) is 17.9. The van der Waals surface area contributed by atoms with E-state index in [9.17, 15) is 22.8 Å². The summed E-state index contributed by atoms with van der Waals surface area (Å²) < 4.78 is 25.1. The van der Waals surface area contributed by atoms with E-state index in [1.165, 1.54) is 11.8 Å². The van der Waals surface area contributed by atoms with Crippen LogP contribution in [0.15, 0.2) is 59.5 Å². The summed E-state index contributed by atoms with van der Waals surface area (Å²) in [5, 5.41) is 0. The molecule has 31 heavy (non-hydrogen) atoms. The minimum absolute atomic E-state index is 0.0535. The lowest BCUT2D eigenvalue weighted by Crippen LogP contribution is -2.53. The van der Waals surface area contributed by atoms with Gasteiger partial charge in [0.15, 0.2) is 15.6 Å².